The van der Waals surface area contributed by atoms with Crippen LogP contribution in [-0.2, 0) is 10.1 Å². The van der Waals surface area contributed by atoms with Crippen molar-refractivity contribution in [2.45, 2.75) is 4.90 Å². The molecule has 1 N–H and O–H groups in total. The van der Waals surface area contributed by atoms with Gasteiger partial charge in [-0.2, -0.15) is 8.42 Å². The predicted molar refractivity (Wildman–Crippen MR) is 67.5 cm³/mol. The molecule has 0 aliphatic heterocycles. The van der Waals surface area contributed by atoms with Crippen LogP contribution in [0.25, 0.3) is 10.8 Å². The summed E-state index contributed by atoms with van der Waals surface area (Å²) in [7, 11) is -2.70. The second-order valence-electron chi connectivity index (χ2n) is 3.29. The van der Waals surface area contributed by atoms with Crippen molar-refractivity contribution in [3.63, 3.8) is 0 Å². The Morgan fingerprint density at radius 1 is 1.06 bits per heavy atom. The first-order valence-electron chi connectivity index (χ1n) is 4.57. The second-order valence-corrected chi connectivity index (χ2v) is 4.68. The summed E-state index contributed by atoms with van der Waals surface area (Å²) in [4.78, 5) is -0.107. The SMILES string of the molecule is COc1ccc(S(=O)(=O)O)c2ccccc12.[NaH]. The maximum absolute atomic E-state index is 11.2. The van der Waals surface area contributed by atoms with Crippen molar-refractivity contribution >= 4 is 50.4 Å². The minimum atomic E-state index is -4.21. The van der Waals surface area contributed by atoms with Crippen LogP contribution in [0.3, 0.4) is 0 Å². The van der Waals surface area contributed by atoms with E-state index in [1.54, 1.807) is 24.3 Å². The number of fused-ring (bicyclic) bond motifs is 1. The molecule has 0 bridgehead atoms. The predicted octanol–water partition coefficient (Wildman–Crippen LogP) is 1.45. The van der Waals surface area contributed by atoms with E-state index in [0.717, 1.165) is 0 Å². The molecule has 2 aromatic carbocycles. The number of rotatable bonds is 2. The Morgan fingerprint density at radius 3 is 2.18 bits per heavy atom. The van der Waals surface area contributed by atoms with Gasteiger partial charge in [0.2, 0.25) is 0 Å². The molecular formula is C11H11NaO4S. The molecule has 0 saturated carbocycles. The van der Waals surface area contributed by atoms with Crippen LogP contribution in [0.1, 0.15) is 0 Å². The zero-order valence-electron chi connectivity index (χ0n) is 8.54. The number of methoxy groups -OCH3 is 1. The van der Waals surface area contributed by atoms with Gasteiger partial charge in [-0.05, 0) is 12.1 Å². The molecule has 2 aromatic rings. The topological polar surface area (TPSA) is 63.6 Å². The van der Waals surface area contributed by atoms with Crippen LogP contribution in [0.5, 0.6) is 5.75 Å². The number of benzene rings is 2. The van der Waals surface area contributed by atoms with Crippen LogP contribution >= 0.6 is 0 Å². The van der Waals surface area contributed by atoms with Crippen molar-refractivity contribution in [1.82, 2.24) is 0 Å². The van der Waals surface area contributed by atoms with Crippen molar-refractivity contribution < 1.29 is 17.7 Å². The number of ether oxygens (including phenoxy) is 1. The third-order valence-electron chi connectivity index (χ3n) is 2.34. The quantitative estimate of drug-likeness (QED) is 0.657. The molecular weight excluding hydrogens is 251 g/mol. The van der Waals surface area contributed by atoms with Gasteiger partial charge in [-0.1, -0.05) is 24.3 Å². The normalized spacial score (nSPS) is 10.9. The summed E-state index contributed by atoms with van der Waals surface area (Å²) in [5, 5.41) is 1.10. The maximum atomic E-state index is 11.2. The fourth-order valence-electron chi connectivity index (χ4n) is 1.65. The van der Waals surface area contributed by atoms with Crippen LogP contribution in [-0.4, -0.2) is 49.6 Å². The Balaban J connectivity index is 0.00000144. The summed E-state index contributed by atoms with van der Waals surface area (Å²) in [5.41, 5.74) is 0. The number of hydrogen-bond donors (Lipinski definition) is 1. The van der Waals surface area contributed by atoms with E-state index in [2.05, 4.69) is 0 Å². The molecule has 2 rings (SSSR count). The zero-order valence-corrected chi connectivity index (χ0v) is 9.36. The molecule has 4 nitrogen and oxygen atoms in total. The Hall–Kier alpha value is -0.590. The van der Waals surface area contributed by atoms with Crippen molar-refractivity contribution in [2.24, 2.45) is 0 Å². The van der Waals surface area contributed by atoms with Gasteiger partial charge in [-0.25, -0.2) is 0 Å². The van der Waals surface area contributed by atoms with Gasteiger partial charge in [0.15, 0.2) is 0 Å². The molecule has 0 atom stereocenters. The van der Waals surface area contributed by atoms with Crippen molar-refractivity contribution in [3.8, 4) is 5.75 Å². The first kappa shape index (κ1) is 14.5. The van der Waals surface area contributed by atoms with Gasteiger partial charge < -0.3 is 4.74 Å². The molecule has 0 heterocycles. The summed E-state index contributed by atoms with van der Waals surface area (Å²) < 4.78 is 36.5. The third-order valence-corrected chi connectivity index (χ3v) is 3.25. The van der Waals surface area contributed by atoms with Gasteiger partial charge in [-0.15, -0.1) is 0 Å². The average Bonchev–Trinajstić information content (AvgIpc) is 2.26. The van der Waals surface area contributed by atoms with E-state index in [-0.39, 0.29) is 34.5 Å². The van der Waals surface area contributed by atoms with E-state index in [4.69, 9.17) is 9.29 Å². The molecule has 0 fully saturated rings. The molecule has 0 aromatic heterocycles. The van der Waals surface area contributed by atoms with Crippen LogP contribution < -0.4 is 4.74 Å². The van der Waals surface area contributed by atoms with Gasteiger partial charge in [0.05, 0.1) is 7.11 Å². The summed E-state index contributed by atoms with van der Waals surface area (Å²) in [6.07, 6.45) is 0. The van der Waals surface area contributed by atoms with E-state index in [1.165, 1.54) is 19.2 Å². The van der Waals surface area contributed by atoms with Gasteiger partial charge in [0.25, 0.3) is 10.1 Å². The minimum absolute atomic E-state index is 0. The molecule has 0 amide bonds. The van der Waals surface area contributed by atoms with Crippen molar-refractivity contribution in [3.05, 3.63) is 36.4 Å². The van der Waals surface area contributed by atoms with Gasteiger partial charge in [0, 0.05) is 10.8 Å². The van der Waals surface area contributed by atoms with Crippen LogP contribution in [0.4, 0.5) is 0 Å². The van der Waals surface area contributed by atoms with Gasteiger partial charge >= 0.3 is 29.6 Å². The molecule has 6 heteroatoms. The Kier molecular flexibility index (Phi) is 4.57. The first-order valence-corrected chi connectivity index (χ1v) is 6.01. The van der Waals surface area contributed by atoms with Crippen LogP contribution in [0.15, 0.2) is 41.3 Å². The molecule has 0 saturated heterocycles. The third kappa shape index (κ3) is 2.81. The monoisotopic (exact) mass is 262 g/mol. The van der Waals surface area contributed by atoms with Crippen molar-refractivity contribution in [2.75, 3.05) is 7.11 Å². The van der Waals surface area contributed by atoms with Crippen LogP contribution in [0.2, 0.25) is 0 Å². The summed E-state index contributed by atoms with van der Waals surface area (Å²) >= 11 is 0. The van der Waals surface area contributed by atoms with Gasteiger partial charge in [0.1, 0.15) is 10.6 Å². The molecule has 0 aliphatic carbocycles. The summed E-state index contributed by atoms with van der Waals surface area (Å²) in [5.74, 6) is 0.572. The Morgan fingerprint density at radius 2 is 1.65 bits per heavy atom. The van der Waals surface area contributed by atoms with Crippen LogP contribution in [0, 0.1) is 0 Å². The standard InChI is InChI=1S/C11H10O4S.Na.H/c1-15-10-6-7-11(16(12,13)14)9-5-3-2-4-8(9)10;;/h2-7H,1H3,(H,12,13,14);;. The molecule has 0 spiro atoms. The summed E-state index contributed by atoms with van der Waals surface area (Å²) in [6.45, 7) is 0. The molecule has 0 aliphatic rings. The molecule has 0 radical (unpaired) electrons. The fraction of sp³-hybridized carbons (Fsp3) is 0.0909. The second kappa shape index (κ2) is 5.37. The van der Waals surface area contributed by atoms with E-state index in [1.807, 2.05) is 0 Å². The summed E-state index contributed by atoms with van der Waals surface area (Å²) in [6, 6.07) is 9.70. The molecule has 17 heavy (non-hydrogen) atoms. The molecule has 86 valence electrons. The van der Waals surface area contributed by atoms with E-state index >= 15 is 0 Å². The van der Waals surface area contributed by atoms with E-state index in [0.29, 0.717) is 16.5 Å². The average molecular weight is 262 g/mol. The van der Waals surface area contributed by atoms with E-state index in [9.17, 15) is 8.42 Å². The zero-order chi connectivity index (χ0) is 11.8. The van der Waals surface area contributed by atoms with Crippen molar-refractivity contribution in [1.29, 1.82) is 0 Å². The van der Waals surface area contributed by atoms with E-state index < -0.39 is 10.1 Å². The first-order chi connectivity index (χ1) is 7.54. The Labute approximate surface area is 122 Å². The number of hydrogen-bond acceptors (Lipinski definition) is 3. The molecule has 0 unspecified atom stereocenters. The fourth-order valence-corrected chi connectivity index (χ4v) is 2.34. The van der Waals surface area contributed by atoms with Gasteiger partial charge in [-0.3, -0.25) is 4.55 Å². The Bertz CT molecular complexity index is 637.